The molecule has 0 bridgehead atoms. The summed E-state index contributed by atoms with van der Waals surface area (Å²) in [6, 6.07) is 0.536. The van der Waals surface area contributed by atoms with Crippen LogP contribution in [0.1, 0.15) is 39.0 Å². The molecule has 4 heteroatoms. The highest BCUT2D eigenvalue weighted by molar-refractivity contribution is 4.79. The Morgan fingerprint density at radius 3 is 2.89 bits per heavy atom. The van der Waals surface area contributed by atoms with Gasteiger partial charge in [0.1, 0.15) is 0 Å². The number of rotatable bonds is 10. The van der Waals surface area contributed by atoms with Crippen molar-refractivity contribution >= 4 is 0 Å². The number of hydrogen-bond donors (Lipinski definition) is 2. The maximum absolute atomic E-state index is 9.78. The summed E-state index contributed by atoms with van der Waals surface area (Å²) in [6.45, 7) is 6.33. The van der Waals surface area contributed by atoms with Gasteiger partial charge in [0.05, 0.1) is 12.7 Å². The van der Waals surface area contributed by atoms with Crippen LogP contribution in [0.25, 0.3) is 0 Å². The van der Waals surface area contributed by atoms with Gasteiger partial charge in [-0.1, -0.05) is 26.2 Å². The van der Waals surface area contributed by atoms with Crippen molar-refractivity contribution in [1.29, 1.82) is 0 Å². The molecule has 2 N–H and O–H groups in total. The number of likely N-dealkylation sites (tertiary alicyclic amines) is 1. The average molecular weight is 258 g/mol. The normalized spacial score (nSPS) is 22.5. The molecule has 18 heavy (non-hydrogen) atoms. The number of unbranched alkanes of at least 4 members (excludes halogenated alkanes) is 3. The average Bonchev–Trinajstić information content (AvgIpc) is 2.77. The Morgan fingerprint density at radius 2 is 2.22 bits per heavy atom. The van der Waals surface area contributed by atoms with Gasteiger partial charge in [-0.25, -0.2) is 0 Å². The monoisotopic (exact) mass is 258 g/mol. The summed E-state index contributed by atoms with van der Waals surface area (Å²) in [5.41, 5.74) is 0. The van der Waals surface area contributed by atoms with E-state index in [4.69, 9.17) is 4.74 Å². The van der Waals surface area contributed by atoms with Gasteiger partial charge < -0.3 is 20.1 Å². The van der Waals surface area contributed by atoms with Crippen molar-refractivity contribution in [2.75, 3.05) is 39.9 Å². The lowest BCUT2D eigenvalue weighted by Gasteiger charge is -2.16. The zero-order chi connectivity index (χ0) is 13.2. The van der Waals surface area contributed by atoms with Crippen molar-refractivity contribution in [3.63, 3.8) is 0 Å². The van der Waals surface area contributed by atoms with E-state index in [0.29, 0.717) is 19.2 Å². The molecule has 0 aromatic carbocycles. The van der Waals surface area contributed by atoms with Crippen molar-refractivity contribution in [2.24, 2.45) is 0 Å². The van der Waals surface area contributed by atoms with E-state index >= 15 is 0 Å². The Morgan fingerprint density at radius 1 is 1.39 bits per heavy atom. The predicted octanol–water partition coefficient (Wildman–Crippen LogP) is 1.24. The number of aliphatic hydroxyl groups excluding tert-OH is 1. The maximum atomic E-state index is 9.78. The molecule has 0 radical (unpaired) electrons. The molecular weight excluding hydrogens is 228 g/mol. The van der Waals surface area contributed by atoms with Gasteiger partial charge in [0.15, 0.2) is 0 Å². The van der Waals surface area contributed by atoms with Crippen molar-refractivity contribution < 1.29 is 9.84 Å². The Kier molecular flexibility index (Phi) is 8.59. The molecule has 0 aliphatic carbocycles. The number of nitrogens with zero attached hydrogens (tertiary/aromatic N) is 1. The Bertz CT molecular complexity index is 202. The number of aliphatic hydroxyl groups is 1. The molecule has 0 aromatic heterocycles. The first-order valence-corrected chi connectivity index (χ1v) is 7.40. The van der Waals surface area contributed by atoms with Crippen LogP contribution in [0.3, 0.4) is 0 Å². The summed E-state index contributed by atoms with van der Waals surface area (Å²) in [6.07, 6.45) is 5.69. The van der Waals surface area contributed by atoms with Crippen molar-refractivity contribution in [2.45, 2.75) is 51.2 Å². The van der Waals surface area contributed by atoms with Gasteiger partial charge in [-0.2, -0.15) is 0 Å². The minimum Gasteiger partial charge on any atom is -0.389 e. The van der Waals surface area contributed by atoms with E-state index in [0.717, 1.165) is 26.1 Å². The van der Waals surface area contributed by atoms with Gasteiger partial charge in [0.2, 0.25) is 0 Å². The Balaban J connectivity index is 1.89. The second kappa shape index (κ2) is 9.73. The lowest BCUT2D eigenvalue weighted by Crippen LogP contribution is -2.38. The van der Waals surface area contributed by atoms with Crippen LogP contribution in [0.15, 0.2) is 0 Å². The lowest BCUT2D eigenvalue weighted by atomic mass is 10.2. The number of nitrogens with one attached hydrogen (secondary N) is 1. The molecule has 1 aliphatic heterocycles. The summed E-state index contributed by atoms with van der Waals surface area (Å²) in [5.74, 6) is 0. The molecule has 1 aliphatic rings. The quantitative estimate of drug-likeness (QED) is 0.579. The second-order valence-corrected chi connectivity index (χ2v) is 5.45. The second-order valence-electron chi connectivity index (χ2n) is 5.45. The third kappa shape index (κ3) is 7.31. The highest BCUT2D eigenvalue weighted by Gasteiger charge is 2.19. The molecule has 1 fully saturated rings. The Hall–Kier alpha value is -0.160. The summed E-state index contributed by atoms with van der Waals surface area (Å²) >= 11 is 0. The highest BCUT2D eigenvalue weighted by Crippen LogP contribution is 2.05. The third-order valence-corrected chi connectivity index (χ3v) is 3.49. The molecule has 1 saturated heterocycles. The van der Waals surface area contributed by atoms with Crippen LogP contribution >= 0.6 is 0 Å². The van der Waals surface area contributed by atoms with E-state index in [1.807, 2.05) is 0 Å². The molecule has 1 heterocycles. The summed E-state index contributed by atoms with van der Waals surface area (Å²) in [5, 5.41) is 13.2. The van der Waals surface area contributed by atoms with Crippen molar-refractivity contribution in [1.82, 2.24) is 10.2 Å². The van der Waals surface area contributed by atoms with E-state index in [2.05, 4.69) is 24.2 Å². The molecular formula is C14H30N2O2. The maximum Gasteiger partial charge on any atom is 0.0897 e. The third-order valence-electron chi connectivity index (χ3n) is 3.49. The number of ether oxygens (including phenoxy) is 1. The molecule has 0 aromatic rings. The van der Waals surface area contributed by atoms with Crippen molar-refractivity contribution in [3.8, 4) is 0 Å². The van der Waals surface area contributed by atoms with Gasteiger partial charge in [0.25, 0.3) is 0 Å². The van der Waals surface area contributed by atoms with E-state index in [1.165, 1.54) is 25.7 Å². The van der Waals surface area contributed by atoms with Crippen LogP contribution in [0.4, 0.5) is 0 Å². The van der Waals surface area contributed by atoms with E-state index < -0.39 is 0 Å². The highest BCUT2D eigenvalue weighted by atomic mass is 16.5. The van der Waals surface area contributed by atoms with Crippen LogP contribution in [0, 0.1) is 0 Å². The minimum atomic E-state index is -0.373. The fourth-order valence-corrected chi connectivity index (χ4v) is 2.31. The van der Waals surface area contributed by atoms with E-state index in [1.54, 1.807) is 0 Å². The van der Waals surface area contributed by atoms with Crippen LogP contribution in [0.5, 0.6) is 0 Å². The predicted molar refractivity (Wildman–Crippen MR) is 74.9 cm³/mol. The largest absolute Gasteiger partial charge is 0.389 e. The summed E-state index contributed by atoms with van der Waals surface area (Å²) in [4.78, 5) is 2.31. The van der Waals surface area contributed by atoms with Crippen LogP contribution in [-0.2, 0) is 4.74 Å². The van der Waals surface area contributed by atoms with Crippen molar-refractivity contribution in [3.05, 3.63) is 0 Å². The SMILES string of the molecule is CCCCCCOCC(O)CNC1CCN(C)C1. The first-order valence-electron chi connectivity index (χ1n) is 7.40. The van der Waals surface area contributed by atoms with Gasteiger partial charge >= 0.3 is 0 Å². The van der Waals surface area contributed by atoms with Gasteiger partial charge in [-0.15, -0.1) is 0 Å². The zero-order valence-electron chi connectivity index (χ0n) is 12.0. The lowest BCUT2D eigenvalue weighted by molar-refractivity contribution is 0.0343. The van der Waals surface area contributed by atoms with E-state index in [-0.39, 0.29) is 6.10 Å². The van der Waals surface area contributed by atoms with Crippen LogP contribution < -0.4 is 5.32 Å². The topological polar surface area (TPSA) is 44.7 Å². The molecule has 4 nitrogen and oxygen atoms in total. The molecule has 108 valence electrons. The van der Waals surface area contributed by atoms with Gasteiger partial charge in [-0.05, 0) is 26.4 Å². The summed E-state index contributed by atoms with van der Waals surface area (Å²) in [7, 11) is 2.14. The van der Waals surface area contributed by atoms with E-state index in [9.17, 15) is 5.11 Å². The fraction of sp³-hybridized carbons (Fsp3) is 1.00. The first kappa shape index (κ1) is 15.9. The molecule has 2 unspecified atom stereocenters. The molecule has 0 saturated carbocycles. The minimum absolute atomic E-state index is 0.373. The molecule has 0 spiro atoms. The van der Waals surface area contributed by atoms with Gasteiger partial charge in [-0.3, -0.25) is 0 Å². The zero-order valence-corrected chi connectivity index (χ0v) is 12.0. The van der Waals surface area contributed by atoms with Gasteiger partial charge in [0, 0.05) is 25.7 Å². The molecule has 1 rings (SSSR count). The molecule has 2 atom stereocenters. The summed E-state index contributed by atoms with van der Waals surface area (Å²) < 4.78 is 5.48. The number of hydrogen-bond acceptors (Lipinski definition) is 4. The van der Waals surface area contributed by atoms with Crippen LogP contribution in [-0.4, -0.2) is 62.0 Å². The fourth-order valence-electron chi connectivity index (χ4n) is 2.31. The number of likely N-dealkylation sites (N-methyl/N-ethyl adjacent to an activating group) is 1. The molecule has 0 amide bonds. The Labute approximate surface area is 112 Å². The first-order chi connectivity index (χ1) is 8.72. The standard InChI is InChI=1S/C14H30N2O2/c1-3-4-5-6-9-18-12-14(17)10-15-13-7-8-16(2)11-13/h13-15,17H,3-12H2,1-2H3. The smallest absolute Gasteiger partial charge is 0.0897 e. The van der Waals surface area contributed by atoms with Crippen LogP contribution in [0.2, 0.25) is 0 Å².